The van der Waals surface area contributed by atoms with Gasteiger partial charge >= 0.3 is 0 Å². The van der Waals surface area contributed by atoms with Crippen molar-refractivity contribution >= 4 is 35.0 Å². The molecule has 1 unspecified atom stereocenters. The van der Waals surface area contributed by atoms with Crippen molar-refractivity contribution in [3.05, 3.63) is 53.6 Å². The van der Waals surface area contributed by atoms with Gasteiger partial charge in [0.1, 0.15) is 0 Å². The number of hydrazine groups is 1. The van der Waals surface area contributed by atoms with Crippen LogP contribution in [0.4, 0.5) is 11.4 Å². The van der Waals surface area contributed by atoms with Gasteiger partial charge in [0, 0.05) is 17.0 Å². The highest BCUT2D eigenvalue weighted by Crippen LogP contribution is 2.35. The summed E-state index contributed by atoms with van der Waals surface area (Å²) in [6.07, 6.45) is 0. The van der Waals surface area contributed by atoms with E-state index in [0.29, 0.717) is 17.8 Å². The number of rotatable bonds is 4. The number of fused-ring (bicyclic) bond motifs is 1. The third-order valence-electron chi connectivity index (χ3n) is 4.07. The van der Waals surface area contributed by atoms with Gasteiger partial charge in [-0.1, -0.05) is 17.7 Å². The van der Waals surface area contributed by atoms with Crippen LogP contribution in [0.15, 0.2) is 47.4 Å². The molecular formula is C19H21N3O2S. The number of anilines is 2. The van der Waals surface area contributed by atoms with Crippen molar-refractivity contribution in [2.45, 2.75) is 30.9 Å². The number of amides is 2. The maximum Gasteiger partial charge on any atom is 0.269 e. The summed E-state index contributed by atoms with van der Waals surface area (Å²) in [5, 5.41) is 4.54. The molecule has 1 aliphatic heterocycles. The van der Waals surface area contributed by atoms with Crippen molar-refractivity contribution in [2.24, 2.45) is 0 Å². The molecule has 0 saturated heterocycles. The fourth-order valence-corrected chi connectivity index (χ4v) is 3.52. The Labute approximate surface area is 151 Å². The maximum absolute atomic E-state index is 12.6. The monoisotopic (exact) mass is 355 g/mol. The molecule has 2 amide bonds. The van der Waals surface area contributed by atoms with Crippen molar-refractivity contribution in [3.63, 3.8) is 0 Å². The molecule has 2 N–H and O–H groups in total. The Morgan fingerprint density at radius 3 is 2.64 bits per heavy atom. The number of thioether (sulfide) groups is 1. The van der Waals surface area contributed by atoms with Gasteiger partial charge in [0.05, 0.1) is 16.6 Å². The summed E-state index contributed by atoms with van der Waals surface area (Å²) in [5.41, 5.74) is 6.23. The van der Waals surface area contributed by atoms with Gasteiger partial charge in [-0.05, 0) is 51.1 Å². The fraction of sp³-hybridized carbons (Fsp3) is 0.263. The highest BCUT2D eigenvalue weighted by Gasteiger charge is 2.24. The van der Waals surface area contributed by atoms with E-state index in [1.54, 1.807) is 17.1 Å². The molecule has 1 atom stereocenters. The van der Waals surface area contributed by atoms with E-state index >= 15 is 0 Å². The van der Waals surface area contributed by atoms with Gasteiger partial charge in [0.2, 0.25) is 5.91 Å². The minimum absolute atomic E-state index is 0.0371. The molecule has 5 nitrogen and oxygen atoms in total. The van der Waals surface area contributed by atoms with Crippen LogP contribution in [0.25, 0.3) is 0 Å². The summed E-state index contributed by atoms with van der Waals surface area (Å²) in [5.74, 6) is -0.243. The molecular weight excluding hydrogens is 334 g/mol. The van der Waals surface area contributed by atoms with E-state index in [2.05, 4.69) is 10.7 Å². The zero-order valence-corrected chi connectivity index (χ0v) is 15.3. The van der Waals surface area contributed by atoms with E-state index < -0.39 is 0 Å². The number of hydrogen-bond donors (Lipinski definition) is 2. The summed E-state index contributed by atoms with van der Waals surface area (Å²) >= 11 is 1.50. The lowest BCUT2D eigenvalue weighted by Gasteiger charge is -2.25. The molecule has 130 valence electrons. The average Bonchev–Trinajstić information content (AvgIpc) is 2.61. The molecule has 0 fully saturated rings. The lowest BCUT2D eigenvalue weighted by atomic mass is 10.2. The molecule has 0 aromatic heterocycles. The summed E-state index contributed by atoms with van der Waals surface area (Å²) in [6.45, 7) is 6.51. The number of nitrogens with one attached hydrogen (secondary N) is 2. The zero-order chi connectivity index (χ0) is 18.0. The SMILES string of the molecule is CCN(NC(=O)c1ccc2c(c1)NC(=O)C(C)S2)c1ccc(C)cc1. The van der Waals surface area contributed by atoms with Crippen LogP contribution in [0.1, 0.15) is 29.8 Å². The zero-order valence-electron chi connectivity index (χ0n) is 14.5. The summed E-state index contributed by atoms with van der Waals surface area (Å²) in [4.78, 5) is 25.4. The summed E-state index contributed by atoms with van der Waals surface area (Å²) in [6, 6.07) is 13.4. The molecule has 6 heteroatoms. The number of nitrogens with zero attached hydrogens (tertiary/aromatic N) is 1. The van der Waals surface area contributed by atoms with Gasteiger partial charge in [-0.2, -0.15) is 0 Å². The highest BCUT2D eigenvalue weighted by atomic mass is 32.2. The Kier molecular flexibility index (Phi) is 4.99. The number of carbonyl (C=O) groups excluding carboxylic acids is 2. The topological polar surface area (TPSA) is 61.4 Å². The molecule has 0 radical (unpaired) electrons. The second kappa shape index (κ2) is 7.19. The number of hydrogen-bond acceptors (Lipinski definition) is 4. The van der Waals surface area contributed by atoms with E-state index in [4.69, 9.17) is 0 Å². The van der Waals surface area contributed by atoms with Gasteiger partial charge in [-0.3, -0.25) is 20.0 Å². The van der Waals surface area contributed by atoms with Gasteiger partial charge < -0.3 is 5.32 Å². The number of aryl methyl sites for hydroxylation is 1. The van der Waals surface area contributed by atoms with Gasteiger partial charge in [-0.15, -0.1) is 11.8 Å². The van der Waals surface area contributed by atoms with Gasteiger partial charge in [-0.25, -0.2) is 0 Å². The smallest absolute Gasteiger partial charge is 0.269 e. The molecule has 0 saturated carbocycles. The van der Waals surface area contributed by atoms with Crippen LogP contribution in [-0.4, -0.2) is 23.6 Å². The molecule has 2 aromatic carbocycles. The molecule has 3 rings (SSSR count). The average molecular weight is 355 g/mol. The van der Waals surface area contributed by atoms with Gasteiger partial charge in [0.25, 0.3) is 5.91 Å². The minimum atomic E-state index is -0.205. The first kappa shape index (κ1) is 17.4. The van der Waals surface area contributed by atoms with Crippen LogP contribution in [0, 0.1) is 6.92 Å². The van der Waals surface area contributed by atoms with Crippen LogP contribution in [0.3, 0.4) is 0 Å². The van der Waals surface area contributed by atoms with Crippen molar-refractivity contribution < 1.29 is 9.59 Å². The quantitative estimate of drug-likeness (QED) is 0.823. The largest absolute Gasteiger partial charge is 0.324 e. The normalized spacial score (nSPS) is 16.0. The Hall–Kier alpha value is -2.47. The van der Waals surface area contributed by atoms with Crippen LogP contribution in [-0.2, 0) is 4.79 Å². The van der Waals surface area contributed by atoms with E-state index in [9.17, 15) is 9.59 Å². The number of benzene rings is 2. The molecule has 25 heavy (non-hydrogen) atoms. The van der Waals surface area contributed by atoms with E-state index in [-0.39, 0.29) is 17.1 Å². The Morgan fingerprint density at radius 2 is 1.96 bits per heavy atom. The van der Waals surface area contributed by atoms with E-state index in [0.717, 1.165) is 10.6 Å². The second-order valence-electron chi connectivity index (χ2n) is 5.98. The van der Waals surface area contributed by atoms with Crippen LogP contribution in [0.5, 0.6) is 0 Å². The first-order valence-electron chi connectivity index (χ1n) is 8.24. The maximum atomic E-state index is 12.6. The predicted octanol–water partition coefficient (Wildman–Crippen LogP) is 3.60. The van der Waals surface area contributed by atoms with Crippen molar-refractivity contribution in [2.75, 3.05) is 16.9 Å². The van der Waals surface area contributed by atoms with Crippen molar-refractivity contribution in [3.8, 4) is 0 Å². The lowest BCUT2D eigenvalue weighted by Crippen LogP contribution is -2.42. The number of carbonyl (C=O) groups is 2. The first-order valence-corrected chi connectivity index (χ1v) is 9.12. The van der Waals surface area contributed by atoms with Crippen LogP contribution in [0.2, 0.25) is 0 Å². The second-order valence-corrected chi connectivity index (χ2v) is 7.36. The third kappa shape index (κ3) is 3.79. The predicted molar refractivity (Wildman–Crippen MR) is 102 cm³/mol. The van der Waals surface area contributed by atoms with Crippen LogP contribution < -0.4 is 15.8 Å². The molecule has 2 aromatic rings. The van der Waals surface area contributed by atoms with E-state index in [1.165, 1.54) is 17.3 Å². The van der Waals surface area contributed by atoms with Crippen molar-refractivity contribution in [1.29, 1.82) is 0 Å². The lowest BCUT2D eigenvalue weighted by molar-refractivity contribution is -0.115. The Balaban J connectivity index is 1.77. The molecule has 0 spiro atoms. The van der Waals surface area contributed by atoms with Gasteiger partial charge in [0.15, 0.2) is 0 Å². The van der Waals surface area contributed by atoms with Crippen LogP contribution >= 0.6 is 11.8 Å². The molecule has 0 bridgehead atoms. The van der Waals surface area contributed by atoms with E-state index in [1.807, 2.05) is 51.1 Å². The summed E-state index contributed by atoms with van der Waals surface area (Å²) < 4.78 is 0. The first-order chi connectivity index (χ1) is 12.0. The minimum Gasteiger partial charge on any atom is -0.324 e. The third-order valence-corrected chi connectivity index (χ3v) is 5.25. The molecule has 0 aliphatic carbocycles. The highest BCUT2D eigenvalue weighted by molar-refractivity contribution is 8.00. The molecule has 1 aliphatic rings. The summed E-state index contributed by atoms with van der Waals surface area (Å²) in [7, 11) is 0. The Bertz CT molecular complexity index is 805. The fourth-order valence-electron chi connectivity index (χ4n) is 2.59. The van der Waals surface area contributed by atoms with Crippen molar-refractivity contribution in [1.82, 2.24) is 5.43 Å². The molecule has 1 heterocycles. The Morgan fingerprint density at radius 1 is 1.24 bits per heavy atom. The standard InChI is InChI=1S/C19H21N3O2S/c1-4-22(15-8-5-12(2)6-9-15)21-19(24)14-7-10-17-16(11-14)20-18(23)13(3)25-17/h5-11,13H,4H2,1-3H3,(H,20,23)(H,21,24).